The molecule has 1 saturated heterocycles. The molecule has 1 aromatic rings. The summed E-state index contributed by atoms with van der Waals surface area (Å²) in [6.07, 6.45) is 0.369. The lowest BCUT2D eigenvalue weighted by Crippen LogP contribution is -2.33. The molecular weight excluding hydrogens is 240 g/mol. The van der Waals surface area contributed by atoms with Gasteiger partial charge in [0.15, 0.2) is 0 Å². The van der Waals surface area contributed by atoms with Crippen molar-refractivity contribution in [2.45, 2.75) is 6.42 Å². The van der Waals surface area contributed by atoms with Crippen LogP contribution in [-0.2, 0) is 4.79 Å². The molecule has 0 atom stereocenters. The number of rotatable bonds is 2. The first-order chi connectivity index (χ1) is 8.20. The van der Waals surface area contributed by atoms with Gasteiger partial charge in [-0.15, -0.1) is 11.3 Å². The summed E-state index contributed by atoms with van der Waals surface area (Å²) in [5.41, 5.74) is 0. The van der Waals surface area contributed by atoms with E-state index < -0.39 is 0 Å². The van der Waals surface area contributed by atoms with Crippen molar-refractivity contribution in [2.24, 2.45) is 0 Å². The van der Waals surface area contributed by atoms with Crippen molar-refractivity contribution in [1.82, 2.24) is 10.2 Å². The molecule has 5 nitrogen and oxygen atoms in total. The lowest BCUT2D eigenvalue weighted by atomic mass is 10.3. The summed E-state index contributed by atoms with van der Waals surface area (Å²) in [7, 11) is 1.57. The van der Waals surface area contributed by atoms with Crippen LogP contribution in [0, 0.1) is 0 Å². The van der Waals surface area contributed by atoms with Gasteiger partial charge >= 0.3 is 0 Å². The number of thiophene rings is 1. The number of ether oxygens (including phenoxy) is 1. The van der Waals surface area contributed by atoms with Crippen molar-refractivity contribution >= 4 is 23.2 Å². The lowest BCUT2D eigenvalue weighted by molar-refractivity contribution is -0.120. The predicted molar refractivity (Wildman–Crippen MR) is 64.4 cm³/mol. The molecule has 0 saturated carbocycles. The van der Waals surface area contributed by atoms with Crippen LogP contribution >= 0.6 is 11.3 Å². The number of carbonyl (C=O) groups is 2. The molecule has 0 spiro atoms. The number of methoxy groups -OCH3 is 1. The average molecular weight is 254 g/mol. The highest BCUT2D eigenvalue weighted by Gasteiger charge is 2.21. The first-order valence-electron chi connectivity index (χ1n) is 5.39. The largest absolute Gasteiger partial charge is 0.496 e. The lowest BCUT2D eigenvalue weighted by Gasteiger charge is -2.18. The topological polar surface area (TPSA) is 58.6 Å². The maximum atomic E-state index is 12.1. The summed E-state index contributed by atoms with van der Waals surface area (Å²) >= 11 is 1.36. The summed E-state index contributed by atoms with van der Waals surface area (Å²) in [5, 5.41) is 4.54. The Kier molecular flexibility index (Phi) is 3.63. The molecule has 17 heavy (non-hydrogen) atoms. The van der Waals surface area contributed by atoms with E-state index in [4.69, 9.17) is 4.74 Å². The molecule has 2 heterocycles. The van der Waals surface area contributed by atoms with Gasteiger partial charge in [-0.1, -0.05) is 0 Å². The maximum Gasteiger partial charge on any atom is 0.264 e. The molecule has 0 bridgehead atoms. The molecular formula is C11H14N2O3S. The Morgan fingerprint density at radius 1 is 1.53 bits per heavy atom. The molecule has 0 aliphatic carbocycles. The Morgan fingerprint density at radius 3 is 3.06 bits per heavy atom. The van der Waals surface area contributed by atoms with E-state index in [-0.39, 0.29) is 11.8 Å². The van der Waals surface area contributed by atoms with Crippen molar-refractivity contribution in [3.8, 4) is 5.75 Å². The third-order valence-corrected chi connectivity index (χ3v) is 3.52. The molecule has 92 valence electrons. The minimum Gasteiger partial charge on any atom is -0.496 e. The van der Waals surface area contributed by atoms with Gasteiger partial charge in [-0.3, -0.25) is 9.59 Å². The molecule has 0 aromatic carbocycles. The van der Waals surface area contributed by atoms with Gasteiger partial charge in [0.05, 0.1) is 12.0 Å². The van der Waals surface area contributed by atoms with E-state index in [0.717, 1.165) is 0 Å². The highest BCUT2D eigenvalue weighted by Crippen LogP contribution is 2.22. The molecule has 1 fully saturated rings. The molecule has 1 aliphatic rings. The van der Waals surface area contributed by atoms with E-state index in [2.05, 4.69) is 5.32 Å². The minimum absolute atomic E-state index is 0.00376. The zero-order chi connectivity index (χ0) is 12.3. The van der Waals surface area contributed by atoms with Gasteiger partial charge in [0, 0.05) is 37.5 Å². The van der Waals surface area contributed by atoms with Crippen LogP contribution in [0.4, 0.5) is 0 Å². The van der Waals surface area contributed by atoms with Gasteiger partial charge in [-0.25, -0.2) is 0 Å². The molecule has 0 unspecified atom stereocenters. The van der Waals surface area contributed by atoms with E-state index in [1.165, 1.54) is 11.3 Å². The van der Waals surface area contributed by atoms with Crippen molar-refractivity contribution in [3.05, 3.63) is 16.3 Å². The number of hydrogen-bond acceptors (Lipinski definition) is 4. The normalized spacial score (nSPS) is 16.3. The summed E-state index contributed by atoms with van der Waals surface area (Å²) in [6.45, 7) is 1.56. The molecule has 1 aromatic heterocycles. The Morgan fingerprint density at radius 2 is 2.35 bits per heavy atom. The summed E-state index contributed by atoms with van der Waals surface area (Å²) in [6, 6.07) is 1.73. The van der Waals surface area contributed by atoms with E-state index >= 15 is 0 Å². The van der Waals surface area contributed by atoms with Crippen LogP contribution in [0.2, 0.25) is 0 Å². The highest BCUT2D eigenvalue weighted by molar-refractivity contribution is 7.12. The molecule has 1 aliphatic heterocycles. The first kappa shape index (κ1) is 11.9. The van der Waals surface area contributed by atoms with Gasteiger partial charge in [0.2, 0.25) is 5.91 Å². The summed E-state index contributed by atoms with van der Waals surface area (Å²) < 4.78 is 5.05. The van der Waals surface area contributed by atoms with Crippen molar-refractivity contribution in [1.29, 1.82) is 0 Å². The fraction of sp³-hybridized carbons (Fsp3) is 0.455. The second kappa shape index (κ2) is 5.18. The summed E-state index contributed by atoms with van der Waals surface area (Å²) in [5.74, 6) is 0.668. The molecule has 2 amide bonds. The Balaban J connectivity index is 2.06. The quantitative estimate of drug-likeness (QED) is 0.846. The van der Waals surface area contributed by atoms with Crippen molar-refractivity contribution in [2.75, 3.05) is 26.7 Å². The Bertz CT molecular complexity index is 430. The fourth-order valence-corrected chi connectivity index (χ4v) is 2.49. The van der Waals surface area contributed by atoms with E-state index in [9.17, 15) is 9.59 Å². The minimum atomic E-state index is -0.0326. The third-order valence-electron chi connectivity index (χ3n) is 2.62. The summed E-state index contributed by atoms with van der Waals surface area (Å²) in [4.78, 5) is 25.6. The van der Waals surface area contributed by atoms with Crippen LogP contribution in [0.3, 0.4) is 0 Å². The second-order valence-corrected chi connectivity index (χ2v) is 4.65. The van der Waals surface area contributed by atoms with Crippen LogP contribution in [0.1, 0.15) is 16.1 Å². The van der Waals surface area contributed by atoms with E-state index in [1.807, 2.05) is 0 Å². The van der Waals surface area contributed by atoms with Crippen LogP contribution in [0.15, 0.2) is 11.4 Å². The fourth-order valence-electron chi connectivity index (χ4n) is 1.66. The van der Waals surface area contributed by atoms with Gasteiger partial charge in [-0.2, -0.15) is 0 Å². The maximum absolute atomic E-state index is 12.1. The van der Waals surface area contributed by atoms with Gasteiger partial charge in [0.25, 0.3) is 5.91 Å². The van der Waals surface area contributed by atoms with Gasteiger partial charge in [-0.05, 0) is 0 Å². The Hall–Kier alpha value is -1.56. The average Bonchev–Trinajstić information content (AvgIpc) is 2.71. The van der Waals surface area contributed by atoms with Gasteiger partial charge in [0.1, 0.15) is 5.75 Å². The zero-order valence-corrected chi connectivity index (χ0v) is 10.4. The van der Waals surface area contributed by atoms with E-state index in [1.54, 1.807) is 23.5 Å². The van der Waals surface area contributed by atoms with Crippen LogP contribution < -0.4 is 10.1 Å². The standard InChI is InChI=1S/C11H14N2O3S/c1-16-8-6-9(17-7-8)11(15)13-4-2-10(14)12-3-5-13/h6-7H,2-5H2,1H3,(H,12,14). The number of carbonyl (C=O) groups excluding carboxylic acids is 2. The van der Waals surface area contributed by atoms with Crippen LogP contribution in [0.5, 0.6) is 5.75 Å². The smallest absolute Gasteiger partial charge is 0.264 e. The Labute approximate surface area is 103 Å². The van der Waals surface area contributed by atoms with Crippen molar-refractivity contribution in [3.63, 3.8) is 0 Å². The SMILES string of the molecule is COc1csc(C(=O)N2CCNC(=O)CC2)c1. The van der Waals surface area contributed by atoms with E-state index in [0.29, 0.717) is 36.7 Å². The molecule has 1 N–H and O–H groups in total. The molecule has 6 heteroatoms. The van der Waals surface area contributed by atoms with Crippen LogP contribution in [-0.4, -0.2) is 43.5 Å². The number of nitrogens with zero attached hydrogens (tertiary/aromatic N) is 1. The monoisotopic (exact) mass is 254 g/mol. The van der Waals surface area contributed by atoms with Gasteiger partial charge < -0.3 is 15.0 Å². The predicted octanol–water partition coefficient (Wildman–Crippen LogP) is 0.719. The molecule has 2 rings (SSSR count). The van der Waals surface area contributed by atoms with Crippen molar-refractivity contribution < 1.29 is 14.3 Å². The molecule has 0 radical (unpaired) electrons. The highest BCUT2D eigenvalue weighted by atomic mass is 32.1. The number of amides is 2. The van der Waals surface area contributed by atoms with Crippen LogP contribution in [0.25, 0.3) is 0 Å². The second-order valence-electron chi connectivity index (χ2n) is 3.74. The first-order valence-corrected chi connectivity index (χ1v) is 6.27. The zero-order valence-electron chi connectivity index (χ0n) is 9.56. The number of hydrogen-bond donors (Lipinski definition) is 1. The third kappa shape index (κ3) is 2.76. The number of nitrogens with one attached hydrogen (secondary N) is 1.